The minimum Gasteiger partial charge on any atom is -0.508 e. The molecule has 1 saturated heterocycles. The predicted octanol–water partition coefficient (Wildman–Crippen LogP) is 3.90. The lowest BCUT2D eigenvalue weighted by atomic mass is 10.2. The Balaban J connectivity index is 1.95. The molecule has 2 N–H and O–H groups in total. The van der Waals surface area contributed by atoms with Crippen LogP contribution < -0.4 is 4.74 Å². The Morgan fingerprint density at radius 3 is 2.63 bits per heavy atom. The number of carbonyl (C=O) groups is 1. The van der Waals surface area contributed by atoms with E-state index >= 15 is 0 Å². The van der Waals surface area contributed by atoms with E-state index in [2.05, 4.69) is 11.6 Å². The van der Waals surface area contributed by atoms with Crippen LogP contribution in [0.25, 0.3) is 6.08 Å². The Hall–Kier alpha value is -3.19. The molecule has 0 bridgehead atoms. The van der Waals surface area contributed by atoms with Gasteiger partial charge in [0, 0.05) is 6.54 Å². The molecule has 0 radical (unpaired) electrons. The van der Waals surface area contributed by atoms with Crippen molar-refractivity contribution < 1.29 is 19.7 Å². The van der Waals surface area contributed by atoms with E-state index in [-0.39, 0.29) is 17.4 Å². The molecule has 1 aliphatic rings. The lowest BCUT2D eigenvalue weighted by Crippen LogP contribution is -2.29. The van der Waals surface area contributed by atoms with Crippen LogP contribution in [0.4, 0.5) is 5.69 Å². The third-order valence-corrected chi connectivity index (χ3v) is 4.78. The predicted molar refractivity (Wildman–Crippen MR) is 107 cm³/mol. The first kappa shape index (κ1) is 18.6. The second kappa shape index (κ2) is 8.01. The Morgan fingerprint density at radius 1 is 1.22 bits per heavy atom. The van der Waals surface area contributed by atoms with Gasteiger partial charge in [-0.3, -0.25) is 9.69 Å². The third kappa shape index (κ3) is 4.15. The molecule has 6 nitrogen and oxygen atoms in total. The number of methoxy groups -OCH3 is 1. The van der Waals surface area contributed by atoms with Crippen molar-refractivity contribution in [3.8, 4) is 17.2 Å². The molecule has 1 aliphatic heterocycles. The summed E-state index contributed by atoms with van der Waals surface area (Å²) in [7, 11) is 1.47. The number of phenols is 2. The number of amidine groups is 1. The monoisotopic (exact) mass is 382 g/mol. The summed E-state index contributed by atoms with van der Waals surface area (Å²) >= 11 is 1.25. The van der Waals surface area contributed by atoms with Crippen LogP contribution in [0.2, 0.25) is 0 Å². The topological polar surface area (TPSA) is 82.4 Å². The molecule has 3 rings (SSSR count). The summed E-state index contributed by atoms with van der Waals surface area (Å²) in [5.74, 6) is 0.344. The van der Waals surface area contributed by atoms with E-state index in [1.54, 1.807) is 36.4 Å². The number of benzene rings is 2. The van der Waals surface area contributed by atoms with E-state index in [0.29, 0.717) is 28.1 Å². The first-order chi connectivity index (χ1) is 13.0. The minimum absolute atomic E-state index is 0.0351. The molecule has 0 unspecified atom stereocenters. The summed E-state index contributed by atoms with van der Waals surface area (Å²) in [6.07, 6.45) is 3.36. The highest BCUT2D eigenvalue weighted by Crippen LogP contribution is 2.35. The van der Waals surface area contributed by atoms with E-state index < -0.39 is 0 Å². The van der Waals surface area contributed by atoms with Crippen LogP contribution in [0, 0.1) is 0 Å². The zero-order valence-electron chi connectivity index (χ0n) is 14.6. The quantitative estimate of drug-likeness (QED) is 0.605. The van der Waals surface area contributed by atoms with E-state index in [1.165, 1.54) is 42.0 Å². The fraction of sp³-hybridized carbons (Fsp3) is 0.100. The maximum Gasteiger partial charge on any atom is 0.267 e. The van der Waals surface area contributed by atoms with Gasteiger partial charge in [0.15, 0.2) is 16.7 Å². The van der Waals surface area contributed by atoms with E-state index in [4.69, 9.17) is 4.74 Å². The smallest absolute Gasteiger partial charge is 0.267 e. The number of hydrogen-bond donors (Lipinski definition) is 2. The summed E-state index contributed by atoms with van der Waals surface area (Å²) in [5.41, 5.74) is 1.36. The maximum absolute atomic E-state index is 12.8. The largest absolute Gasteiger partial charge is 0.508 e. The van der Waals surface area contributed by atoms with Crippen molar-refractivity contribution in [2.75, 3.05) is 13.7 Å². The van der Waals surface area contributed by atoms with Gasteiger partial charge >= 0.3 is 0 Å². The minimum atomic E-state index is -0.176. The first-order valence-corrected chi connectivity index (χ1v) is 8.90. The van der Waals surface area contributed by atoms with E-state index in [9.17, 15) is 15.0 Å². The van der Waals surface area contributed by atoms with Crippen molar-refractivity contribution in [1.29, 1.82) is 0 Å². The highest BCUT2D eigenvalue weighted by atomic mass is 32.2. The zero-order chi connectivity index (χ0) is 19.4. The Labute approximate surface area is 161 Å². The molecule has 0 aromatic heterocycles. The summed E-state index contributed by atoms with van der Waals surface area (Å²) in [4.78, 5) is 19.3. The van der Waals surface area contributed by atoms with Crippen molar-refractivity contribution in [2.24, 2.45) is 4.99 Å². The fourth-order valence-corrected chi connectivity index (χ4v) is 3.46. The summed E-state index contributed by atoms with van der Waals surface area (Å²) in [5, 5.41) is 19.6. The van der Waals surface area contributed by atoms with Crippen molar-refractivity contribution >= 4 is 34.6 Å². The van der Waals surface area contributed by atoms with Crippen molar-refractivity contribution in [2.45, 2.75) is 0 Å². The van der Waals surface area contributed by atoms with Gasteiger partial charge < -0.3 is 14.9 Å². The number of phenolic OH excluding ortho intramolecular Hbond substituents is 2. The van der Waals surface area contributed by atoms with Crippen molar-refractivity contribution in [3.05, 3.63) is 65.6 Å². The van der Waals surface area contributed by atoms with Gasteiger partial charge in [-0.05, 0) is 59.8 Å². The number of aliphatic imine (C=N–C) groups is 1. The average Bonchev–Trinajstić information content (AvgIpc) is 2.94. The third-order valence-electron chi connectivity index (χ3n) is 3.78. The van der Waals surface area contributed by atoms with Crippen LogP contribution in [-0.2, 0) is 4.79 Å². The van der Waals surface area contributed by atoms with Crippen LogP contribution in [0.15, 0.2) is 65.0 Å². The van der Waals surface area contributed by atoms with Gasteiger partial charge in [0.1, 0.15) is 5.75 Å². The number of nitrogens with zero attached hydrogens (tertiary/aromatic N) is 2. The van der Waals surface area contributed by atoms with Crippen LogP contribution in [-0.4, -0.2) is 39.8 Å². The summed E-state index contributed by atoms with van der Waals surface area (Å²) < 4.78 is 5.11. The molecule has 0 atom stereocenters. The Kier molecular flexibility index (Phi) is 5.52. The normalized spacial score (nSPS) is 16.9. The molecule has 138 valence electrons. The SMILES string of the molecule is C=CCN1C(=O)/C(=C/c2ccc(O)c(OC)c2)SC1=Nc1ccc(O)cc1. The number of rotatable bonds is 5. The van der Waals surface area contributed by atoms with Crippen molar-refractivity contribution in [1.82, 2.24) is 4.90 Å². The summed E-state index contributed by atoms with van der Waals surface area (Å²) in [6.45, 7) is 4.03. The fourth-order valence-electron chi connectivity index (χ4n) is 2.45. The first-order valence-electron chi connectivity index (χ1n) is 8.09. The molecule has 1 amide bonds. The molecule has 27 heavy (non-hydrogen) atoms. The molecule has 2 aromatic carbocycles. The van der Waals surface area contributed by atoms with Crippen LogP contribution in [0.1, 0.15) is 5.56 Å². The van der Waals surface area contributed by atoms with Gasteiger partial charge in [-0.15, -0.1) is 6.58 Å². The van der Waals surface area contributed by atoms with Gasteiger partial charge in [0.05, 0.1) is 17.7 Å². The number of thioether (sulfide) groups is 1. The second-order valence-corrected chi connectivity index (χ2v) is 6.67. The molecule has 0 spiro atoms. The standard InChI is InChI=1S/C20H18N2O4S/c1-3-10-22-19(25)18(12-13-4-9-16(24)17(11-13)26-2)27-20(22)21-14-5-7-15(23)8-6-14/h3-9,11-12,23-24H,1,10H2,2H3/b18-12-,21-20?. The number of aromatic hydroxyl groups is 2. The van der Waals surface area contributed by atoms with Crippen LogP contribution >= 0.6 is 11.8 Å². The number of carbonyl (C=O) groups excluding carboxylic acids is 1. The van der Waals surface area contributed by atoms with Crippen LogP contribution in [0.3, 0.4) is 0 Å². The van der Waals surface area contributed by atoms with Gasteiger partial charge in [-0.25, -0.2) is 4.99 Å². The molecule has 0 saturated carbocycles. The molecule has 2 aromatic rings. The number of hydrogen-bond acceptors (Lipinski definition) is 6. The molecule has 1 heterocycles. The Bertz CT molecular complexity index is 935. The van der Waals surface area contributed by atoms with E-state index in [1.807, 2.05) is 0 Å². The number of amides is 1. The van der Waals surface area contributed by atoms with Gasteiger partial charge in [-0.2, -0.15) is 0 Å². The summed E-state index contributed by atoms with van der Waals surface area (Å²) in [6, 6.07) is 11.3. The van der Waals surface area contributed by atoms with E-state index in [0.717, 1.165) is 5.56 Å². The second-order valence-electron chi connectivity index (χ2n) is 5.66. The number of ether oxygens (including phenoxy) is 1. The molecular weight excluding hydrogens is 364 g/mol. The lowest BCUT2D eigenvalue weighted by Gasteiger charge is -2.12. The maximum atomic E-state index is 12.8. The van der Waals surface area contributed by atoms with Gasteiger partial charge in [0.25, 0.3) is 5.91 Å². The molecule has 7 heteroatoms. The molecular formula is C20H18N2O4S. The van der Waals surface area contributed by atoms with Gasteiger partial charge in [0.2, 0.25) is 0 Å². The molecule has 0 aliphatic carbocycles. The highest BCUT2D eigenvalue weighted by Gasteiger charge is 2.32. The van der Waals surface area contributed by atoms with Crippen molar-refractivity contribution in [3.63, 3.8) is 0 Å². The van der Waals surface area contributed by atoms with Gasteiger partial charge in [-0.1, -0.05) is 12.1 Å². The Morgan fingerprint density at radius 2 is 1.96 bits per heavy atom. The van der Waals surface area contributed by atoms with Crippen LogP contribution in [0.5, 0.6) is 17.2 Å². The molecule has 1 fully saturated rings. The average molecular weight is 382 g/mol. The lowest BCUT2D eigenvalue weighted by molar-refractivity contribution is -0.121. The highest BCUT2D eigenvalue weighted by molar-refractivity contribution is 8.18. The zero-order valence-corrected chi connectivity index (χ0v) is 15.4.